The summed E-state index contributed by atoms with van der Waals surface area (Å²) in [7, 11) is 3.28. The van der Waals surface area contributed by atoms with Crippen molar-refractivity contribution >= 4 is 29.2 Å². The molecule has 1 amide bonds. The number of rotatable bonds is 10. The van der Waals surface area contributed by atoms with Gasteiger partial charge in [0.2, 0.25) is 11.7 Å². The lowest BCUT2D eigenvalue weighted by molar-refractivity contribution is -0.122. The Morgan fingerprint density at radius 3 is 2.44 bits per heavy atom. The van der Waals surface area contributed by atoms with Gasteiger partial charge >= 0.3 is 17.5 Å². The van der Waals surface area contributed by atoms with Crippen molar-refractivity contribution in [3.8, 4) is 11.8 Å². The first-order chi connectivity index (χ1) is 17.0. The number of benzene rings is 2. The van der Waals surface area contributed by atoms with Crippen molar-refractivity contribution in [2.45, 2.75) is 13.1 Å². The van der Waals surface area contributed by atoms with E-state index in [9.17, 15) is 19.5 Å². The third kappa shape index (κ3) is 6.54. The summed E-state index contributed by atoms with van der Waals surface area (Å²) < 4.78 is 6.57. The quantitative estimate of drug-likeness (QED) is 0.0966. The lowest BCUT2D eigenvalue weighted by Gasteiger charge is -2.16. The van der Waals surface area contributed by atoms with Crippen LogP contribution in [0.3, 0.4) is 0 Å². The standard InChI is InChI=1S/C22H25N9O5/c1-30(2)29-19-20(33)31(11-17(32)26-10-12-3-5-13(6-4-12)18(24)25)22(28-27-19)36-16-8-14(21(34)35)7-15(23)9-16/h3-9H,10-11,23H2,1-2H3,(H3,24,25)(H,26,32)(H,27,29)(H,34,35). The van der Waals surface area contributed by atoms with Crippen molar-refractivity contribution in [3.05, 3.63) is 69.5 Å². The van der Waals surface area contributed by atoms with Crippen LogP contribution in [0.2, 0.25) is 0 Å². The van der Waals surface area contributed by atoms with Gasteiger partial charge in [0.15, 0.2) is 0 Å². The zero-order valence-corrected chi connectivity index (χ0v) is 19.5. The molecule has 1 heterocycles. The predicted molar refractivity (Wildman–Crippen MR) is 131 cm³/mol. The number of nitrogens with one attached hydrogen (secondary N) is 3. The van der Waals surface area contributed by atoms with Crippen LogP contribution in [0.25, 0.3) is 0 Å². The summed E-state index contributed by atoms with van der Waals surface area (Å²) >= 11 is 0. The molecule has 0 spiro atoms. The molecule has 3 aromatic rings. The van der Waals surface area contributed by atoms with Crippen molar-refractivity contribution in [3.63, 3.8) is 0 Å². The Balaban J connectivity index is 1.85. The summed E-state index contributed by atoms with van der Waals surface area (Å²) in [5, 5.41) is 28.6. The largest absolute Gasteiger partial charge is 0.478 e. The second kappa shape index (κ2) is 11.0. The highest BCUT2D eigenvalue weighted by molar-refractivity contribution is 5.94. The molecule has 14 nitrogen and oxygen atoms in total. The van der Waals surface area contributed by atoms with Crippen molar-refractivity contribution in [1.29, 1.82) is 5.41 Å². The fourth-order valence-corrected chi connectivity index (χ4v) is 3.01. The van der Waals surface area contributed by atoms with Gasteiger partial charge in [0.1, 0.15) is 18.1 Å². The van der Waals surface area contributed by atoms with Gasteiger partial charge < -0.3 is 26.6 Å². The van der Waals surface area contributed by atoms with Crippen LogP contribution in [0.4, 0.5) is 11.5 Å². The van der Waals surface area contributed by atoms with E-state index in [0.717, 1.165) is 10.1 Å². The highest BCUT2D eigenvalue weighted by Crippen LogP contribution is 2.23. The first-order valence-electron chi connectivity index (χ1n) is 10.5. The first kappa shape index (κ1) is 25.6. The number of amides is 1. The van der Waals surface area contributed by atoms with E-state index < -0.39 is 24.0 Å². The number of aromatic carboxylic acids is 1. The van der Waals surface area contributed by atoms with Crippen molar-refractivity contribution in [2.24, 2.45) is 5.73 Å². The van der Waals surface area contributed by atoms with Gasteiger partial charge in [-0.2, -0.15) is 0 Å². The number of hydrazine groups is 1. The van der Waals surface area contributed by atoms with Gasteiger partial charge in [-0.05, 0) is 17.7 Å². The van der Waals surface area contributed by atoms with E-state index in [1.165, 1.54) is 23.2 Å². The summed E-state index contributed by atoms with van der Waals surface area (Å²) in [6.07, 6.45) is 0. The smallest absolute Gasteiger partial charge is 0.335 e. The molecule has 0 aliphatic heterocycles. The van der Waals surface area contributed by atoms with E-state index in [4.69, 9.17) is 21.6 Å². The van der Waals surface area contributed by atoms with Crippen molar-refractivity contribution < 1.29 is 19.4 Å². The number of carbonyl (C=O) groups is 2. The molecular weight excluding hydrogens is 470 g/mol. The molecule has 0 aliphatic carbocycles. The number of nitrogen functional groups attached to an aromatic ring is 2. The molecule has 0 atom stereocenters. The van der Waals surface area contributed by atoms with E-state index in [0.29, 0.717) is 5.56 Å². The monoisotopic (exact) mass is 495 g/mol. The maximum Gasteiger partial charge on any atom is 0.335 e. The zero-order valence-electron chi connectivity index (χ0n) is 19.5. The van der Waals surface area contributed by atoms with Gasteiger partial charge in [0.05, 0.1) is 5.56 Å². The molecule has 0 unspecified atom stereocenters. The summed E-state index contributed by atoms with van der Waals surface area (Å²) in [4.78, 5) is 37.1. The normalized spacial score (nSPS) is 10.6. The molecule has 36 heavy (non-hydrogen) atoms. The maximum atomic E-state index is 13.0. The third-order valence-electron chi connectivity index (χ3n) is 4.68. The molecule has 2 aromatic carbocycles. The number of carboxylic acid groups (broad SMARTS) is 1. The van der Waals surface area contributed by atoms with Gasteiger partial charge in [-0.1, -0.05) is 29.4 Å². The van der Waals surface area contributed by atoms with E-state index >= 15 is 0 Å². The second-order valence-corrected chi connectivity index (χ2v) is 7.81. The zero-order chi connectivity index (χ0) is 26.4. The summed E-state index contributed by atoms with van der Waals surface area (Å²) in [6.45, 7) is -0.314. The topological polar surface area (TPSA) is 215 Å². The number of aromatic nitrogens is 3. The lowest BCUT2D eigenvalue weighted by atomic mass is 10.1. The predicted octanol–water partition coefficient (Wildman–Crippen LogP) is 0.200. The van der Waals surface area contributed by atoms with Crippen LogP contribution in [0, 0.1) is 5.41 Å². The highest BCUT2D eigenvalue weighted by Gasteiger charge is 2.18. The molecular formula is C22H25N9O5. The van der Waals surface area contributed by atoms with Gasteiger partial charge in [0.25, 0.3) is 0 Å². The van der Waals surface area contributed by atoms with Crippen LogP contribution in [0.5, 0.6) is 11.8 Å². The van der Waals surface area contributed by atoms with Crippen LogP contribution in [-0.4, -0.2) is 56.7 Å². The molecule has 3 rings (SSSR count). The van der Waals surface area contributed by atoms with Crippen LogP contribution in [0.1, 0.15) is 21.5 Å². The minimum absolute atomic E-state index is 0.00543. The van der Waals surface area contributed by atoms with Gasteiger partial charge in [-0.3, -0.25) is 20.4 Å². The Hall–Kier alpha value is -4.98. The molecule has 0 saturated heterocycles. The van der Waals surface area contributed by atoms with E-state index in [1.807, 2.05) is 0 Å². The Morgan fingerprint density at radius 1 is 1.14 bits per heavy atom. The fourth-order valence-electron chi connectivity index (χ4n) is 3.01. The lowest BCUT2D eigenvalue weighted by Crippen LogP contribution is -2.36. The Morgan fingerprint density at radius 2 is 1.83 bits per heavy atom. The number of ether oxygens (including phenoxy) is 1. The molecule has 0 fully saturated rings. The second-order valence-electron chi connectivity index (χ2n) is 7.81. The van der Waals surface area contributed by atoms with Crippen LogP contribution < -0.4 is 32.5 Å². The fraction of sp³-hybridized carbons (Fsp3) is 0.182. The van der Waals surface area contributed by atoms with Gasteiger partial charge in [0, 0.05) is 38.0 Å². The van der Waals surface area contributed by atoms with E-state index in [2.05, 4.69) is 20.9 Å². The first-order valence-corrected chi connectivity index (χ1v) is 10.5. The van der Waals surface area contributed by atoms with Gasteiger partial charge in [-0.15, -0.1) is 5.10 Å². The third-order valence-corrected chi connectivity index (χ3v) is 4.68. The summed E-state index contributed by atoms with van der Waals surface area (Å²) in [5.74, 6) is -1.98. The van der Waals surface area contributed by atoms with Crippen molar-refractivity contribution in [2.75, 3.05) is 25.3 Å². The number of amidine groups is 1. The molecule has 14 heteroatoms. The molecule has 0 aliphatic rings. The molecule has 0 bridgehead atoms. The molecule has 0 radical (unpaired) electrons. The summed E-state index contributed by atoms with van der Waals surface area (Å²) in [6, 6.07) is 10.2. The number of anilines is 2. The molecule has 188 valence electrons. The van der Waals surface area contributed by atoms with Gasteiger partial charge in [-0.25, -0.2) is 14.4 Å². The number of hydrogen-bond donors (Lipinski definition) is 6. The average molecular weight is 496 g/mol. The van der Waals surface area contributed by atoms with E-state index in [-0.39, 0.29) is 41.2 Å². The van der Waals surface area contributed by atoms with E-state index in [1.54, 1.807) is 38.4 Å². The number of nitrogens with two attached hydrogens (primary N) is 2. The minimum Gasteiger partial charge on any atom is -0.478 e. The molecule has 0 saturated carbocycles. The summed E-state index contributed by atoms with van der Waals surface area (Å²) in [5.41, 5.74) is 14.5. The maximum absolute atomic E-state index is 13.0. The average Bonchev–Trinajstić information content (AvgIpc) is 2.81. The minimum atomic E-state index is -1.23. The number of carbonyl (C=O) groups excluding carboxylic acids is 1. The van der Waals surface area contributed by atoms with Crippen LogP contribution in [-0.2, 0) is 17.9 Å². The molecule has 1 aromatic heterocycles. The SMILES string of the molecule is CN(C)Nc1nnc(Oc2cc(N)cc(C(=O)O)c2)n(CC(=O)NCc2ccc(C(=N)N)cc2)c1=O. The Labute approximate surface area is 205 Å². The van der Waals surface area contributed by atoms with Crippen LogP contribution in [0.15, 0.2) is 47.3 Å². The Kier molecular flexibility index (Phi) is 7.81. The van der Waals surface area contributed by atoms with Crippen LogP contribution >= 0.6 is 0 Å². The molecule has 8 N–H and O–H groups in total. The Bertz CT molecular complexity index is 1350. The highest BCUT2D eigenvalue weighted by atomic mass is 16.5. The number of nitrogens with zero attached hydrogens (tertiary/aromatic N) is 4. The number of hydrogen-bond acceptors (Lipinski definition) is 10. The van der Waals surface area contributed by atoms with Crippen molar-refractivity contribution in [1.82, 2.24) is 25.1 Å². The number of carboxylic acids is 1.